The van der Waals surface area contributed by atoms with Crippen LogP contribution in [0.3, 0.4) is 0 Å². The van der Waals surface area contributed by atoms with E-state index >= 15 is 0 Å². The quantitative estimate of drug-likeness (QED) is 0.838. The molecule has 0 fully saturated rings. The molecule has 0 N–H and O–H groups in total. The molecule has 0 saturated carbocycles. The van der Waals surface area contributed by atoms with Crippen molar-refractivity contribution in [2.75, 3.05) is 11.9 Å². The minimum atomic E-state index is -0.405. The summed E-state index contributed by atoms with van der Waals surface area (Å²) < 4.78 is 13.7. The number of aromatic nitrogens is 1. The van der Waals surface area contributed by atoms with Crippen LogP contribution in [0.1, 0.15) is 11.1 Å². The summed E-state index contributed by atoms with van der Waals surface area (Å²) in [5.74, 6) is -0.0986. The summed E-state index contributed by atoms with van der Waals surface area (Å²) in [7, 11) is 1.81. The van der Waals surface area contributed by atoms with Gasteiger partial charge in [-0.25, -0.2) is 9.37 Å². The maximum atomic E-state index is 13.7. The first-order chi connectivity index (χ1) is 8.56. The maximum Gasteiger partial charge on any atom is 0.167 e. The zero-order valence-corrected chi connectivity index (χ0v) is 11.1. The van der Waals surface area contributed by atoms with E-state index in [1.54, 1.807) is 4.90 Å². The van der Waals surface area contributed by atoms with Crippen LogP contribution >= 0.6 is 11.6 Å². The number of benzene rings is 1. The SMILES string of the molecule is Cc1cccc(CN(C)c2ncc(Cl)cc2F)c1. The van der Waals surface area contributed by atoms with E-state index in [1.165, 1.54) is 17.8 Å². The van der Waals surface area contributed by atoms with Gasteiger partial charge in [-0.15, -0.1) is 0 Å². The summed E-state index contributed by atoms with van der Waals surface area (Å²) in [6, 6.07) is 9.38. The van der Waals surface area contributed by atoms with Gasteiger partial charge in [-0.1, -0.05) is 41.4 Å². The van der Waals surface area contributed by atoms with Crippen molar-refractivity contribution in [3.05, 3.63) is 58.5 Å². The van der Waals surface area contributed by atoms with Gasteiger partial charge in [0.1, 0.15) is 0 Å². The van der Waals surface area contributed by atoms with Gasteiger partial charge in [0.15, 0.2) is 11.6 Å². The van der Waals surface area contributed by atoms with Gasteiger partial charge in [0.05, 0.1) is 5.02 Å². The number of pyridine rings is 1. The molecule has 0 saturated heterocycles. The van der Waals surface area contributed by atoms with Crippen molar-refractivity contribution in [2.45, 2.75) is 13.5 Å². The third-order valence-corrected chi connectivity index (χ3v) is 2.86. The van der Waals surface area contributed by atoms with Crippen LogP contribution in [0.2, 0.25) is 5.02 Å². The summed E-state index contributed by atoms with van der Waals surface area (Å²) in [4.78, 5) is 5.78. The predicted molar refractivity (Wildman–Crippen MR) is 72.5 cm³/mol. The van der Waals surface area contributed by atoms with E-state index in [9.17, 15) is 4.39 Å². The highest BCUT2D eigenvalue weighted by Crippen LogP contribution is 2.20. The van der Waals surface area contributed by atoms with Gasteiger partial charge in [0.2, 0.25) is 0 Å². The summed E-state index contributed by atoms with van der Waals surface area (Å²) >= 11 is 5.68. The Morgan fingerprint density at radius 3 is 2.78 bits per heavy atom. The Morgan fingerprint density at radius 1 is 1.33 bits per heavy atom. The van der Waals surface area contributed by atoms with Gasteiger partial charge in [-0.2, -0.15) is 0 Å². The lowest BCUT2D eigenvalue weighted by Gasteiger charge is -2.19. The predicted octanol–water partition coefficient (Wildman–Crippen LogP) is 3.82. The van der Waals surface area contributed by atoms with E-state index in [2.05, 4.69) is 11.1 Å². The Bertz CT molecular complexity index is 557. The molecule has 2 nitrogen and oxygen atoms in total. The molecule has 4 heteroatoms. The molecule has 0 atom stereocenters. The Labute approximate surface area is 111 Å². The maximum absolute atomic E-state index is 13.7. The fourth-order valence-corrected chi connectivity index (χ4v) is 1.99. The standard InChI is InChI=1S/C14H14ClFN2/c1-10-4-3-5-11(6-10)9-18(2)14-13(16)7-12(15)8-17-14/h3-8H,9H2,1-2H3. The van der Waals surface area contributed by atoms with Crippen molar-refractivity contribution in [2.24, 2.45) is 0 Å². The molecule has 2 rings (SSSR count). The molecule has 0 bridgehead atoms. The molecule has 18 heavy (non-hydrogen) atoms. The number of rotatable bonds is 3. The van der Waals surface area contributed by atoms with Crippen LogP contribution in [0.25, 0.3) is 0 Å². The average molecular weight is 265 g/mol. The van der Waals surface area contributed by atoms with E-state index in [4.69, 9.17) is 11.6 Å². The van der Waals surface area contributed by atoms with Gasteiger partial charge < -0.3 is 4.90 Å². The van der Waals surface area contributed by atoms with E-state index in [0.717, 1.165) is 5.56 Å². The first-order valence-corrected chi connectivity index (χ1v) is 6.02. The number of hydrogen-bond donors (Lipinski definition) is 0. The molecule has 0 spiro atoms. The summed E-state index contributed by atoms with van der Waals surface area (Å²) in [6.45, 7) is 2.64. The second-order valence-electron chi connectivity index (χ2n) is 4.30. The topological polar surface area (TPSA) is 16.1 Å². The van der Waals surface area contributed by atoms with Crippen LogP contribution in [-0.4, -0.2) is 12.0 Å². The van der Waals surface area contributed by atoms with E-state index in [1.807, 2.05) is 32.2 Å². The van der Waals surface area contributed by atoms with Crippen LogP contribution in [0, 0.1) is 12.7 Å². The second-order valence-corrected chi connectivity index (χ2v) is 4.74. The Kier molecular flexibility index (Phi) is 3.82. The number of anilines is 1. The van der Waals surface area contributed by atoms with Crippen molar-refractivity contribution in [3.63, 3.8) is 0 Å². The number of hydrogen-bond acceptors (Lipinski definition) is 2. The smallest absolute Gasteiger partial charge is 0.167 e. The van der Waals surface area contributed by atoms with Crippen molar-refractivity contribution in [1.82, 2.24) is 4.98 Å². The Hall–Kier alpha value is -1.61. The van der Waals surface area contributed by atoms with Gasteiger partial charge in [0.25, 0.3) is 0 Å². The minimum absolute atomic E-state index is 0.306. The molecule has 2 aromatic rings. The van der Waals surface area contributed by atoms with Crippen LogP contribution < -0.4 is 4.90 Å². The number of nitrogens with zero attached hydrogens (tertiary/aromatic N) is 2. The van der Waals surface area contributed by atoms with Gasteiger partial charge in [0, 0.05) is 19.8 Å². The van der Waals surface area contributed by atoms with Gasteiger partial charge in [-0.05, 0) is 18.6 Å². The highest BCUT2D eigenvalue weighted by molar-refractivity contribution is 6.30. The van der Waals surface area contributed by atoms with Gasteiger partial charge in [-0.3, -0.25) is 0 Å². The monoisotopic (exact) mass is 264 g/mol. The average Bonchev–Trinajstić information content (AvgIpc) is 2.28. The summed E-state index contributed by atoms with van der Waals surface area (Å²) in [6.07, 6.45) is 1.45. The highest BCUT2D eigenvalue weighted by atomic mass is 35.5. The van der Waals surface area contributed by atoms with Crippen molar-refractivity contribution in [3.8, 4) is 0 Å². The molecule has 0 aliphatic carbocycles. The lowest BCUT2D eigenvalue weighted by Crippen LogP contribution is -2.19. The molecule has 94 valence electrons. The van der Waals surface area contributed by atoms with Crippen LogP contribution in [0.5, 0.6) is 0 Å². The van der Waals surface area contributed by atoms with Crippen molar-refractivity contribution in [1.29, 1.82) is 0 Å². The number of halogens is 2. The first kappa shape index (κ1) is 12.8. The third-order valence-electron chi connectivity index (χ3n) is 2.65. The molecule has 1 heterocycles. The minimum Gasteiger partial charge on any atom is -0.353 e. The molecule has 1 aromatic heterocycles. The molecular formula is C14H14ClFN2. The Morgan fingerprint density at radius 2 is 2.11 bits per heavy atom. The van der Waals surface area contributed by atoms with Crippen molar-refractivity contribution < 1.29 is 4.39 Å². The lowest BCUT2D eigenvalue weighted by molar-refractivity contribution is 0.615. The first-order valence-electron chi connectivity index (χ1n) is 5.64. The number of aryl methyl sites for hydroxylation is 1. The van der Waals surface area contributed by atoms with Crippen LogP contribution in [0.4, 0.5) is 10.2 Å². The Balaban J connectivity index is 2.19. The molecule has 1 aromatic carbocycles. The largest absolute Gasteiger partial charge is 0.353 e. The molecule has 0 unspecified atom stereocenters. The molecule has 0 radical (unpaired) electrons. The molecule has 0 amide bonds. The van der Waals surface area contributed by atoms with Crippen LogP contribution in [0.15, 0.2) is 36.5 Å². The molecule has 0 aliphatic rings. The van der Waals surface area contributed by atoms with E-state index in [0.29, 0.717) is 17.4 Å². The van der Waals surface area contributed by atoms with Crippen molar-refractivity contribution >= 4 is 17.4 Å². The van der Waals surface area contributed by atoms with Crippen LogP contribution in [-0.2, 0) is 6.54 Å². The van der Waals surface area contributed by atoms with Gasteiger partial charge >= 0.3 is 0 Å². The zero-order valence-electron chi connectivity index (χ0n) is 10.3. The summed E-state index contributed by atoms with van der Waals surface area (Å²) in [5.41, 5.74) is 2.30. The van der Waals surface area contributed by atoms with E-state index < -0.39 is 5.82 Å². The third kappa shape index (κ3) is 2.99. The molecular weight excluding hydrogens is 251 g/mol. The molecule has 0 aliphatic heterocycles. The highest BCUT2D eigenvalue weighted by Gasteiger charge is 2.10. The zero-order chi connectivity index (χ0) is 13.1. The second kappa shape index (κ2) is 5.36. The fourth-order valence-electron chi connectivity index (χ4n) is 1.85. The van der Waals surface area contributed by atoms with E-state index in [-0.39, 0.29) is 0 Å². The fraction of sp³-hybridized carbons (Fsp3) is 0.214. The lowest BCUT2D eigenvalue weighted by atomic mass is 10.1. The normalized spacial score (nSPS) is 10.4. The summed E-state index contributed by atoms with van der Waals surface area (Å²) in [5, 5.41) is 0.306.